The Morgan fingerprint density at radius 3 is 2.56 bits per heavy atom. The average Bonchev–Trinajstić information content (AvgIpc) is 2.64. The summed E-state index contributed by atoms with van der Waals surface area (Å²) < 4.78 is 31.5. The van der Waals surface area contributed by atoms with E-state index < -0.39 is 10.0 Å². The number of rotatable bonds is 11. The lowest BCUT2D eigenvalue weighted by Crippen LogP contribution is -2.41. The Morgan fingerprint density at radius 1 is 1.19 bits per heavy atom. The van der Waals surface area contributed by atoms with Crippen molar-refractivity contribution >= 4 is 16.0 Å². The molecule has 154 valence electrons. The van der Waals surface area contributed by atoms with E-state index in [2.05, 4.69) is 34.2 Å². The molecular weight excluding hydrogens is 364 g/mol. The van der Waals surface area contributed by atoms with Gasteiger partial charge in [-0.25, -0.2) is 18.1 Å². The number of aryl methyl sites for hydroxylation is 1. The third-order valence-electron chi connectivity index (χ3n) is 4.00. The van der Waals surface area contributed by atoms with Crippen LogP contribution in [0.15, 0.2) is 23.2 Å². The molecule has 0 aliphatic carbocycles. The third-order valence-corrected chi connectivity index (χ3v) is 5.40. The fourth-order valence-electron chi connectivity index (χ4n) is 2.20. The van der Waals surface area contributed by atoms with Crippen molar-refractivity contribution in [3.63, 3.8) is 0 Å². The fourth-order valence-corrected chi connectivity index (χ4v) is 2.81. The molecule has 1 unspecified atom stereocenters. The van der Waals surface area contributed by atoms with Gasteiger partial charge >= 0.3 is 0 Å². The summed E-state index contributed by atoms with van der Waals surface area (Å²) in [6.07, 6.45) is 1.08. The second kappa shape index (κ2) is 11.8. The summed E-state index contributed by atoms with van der Waals surface area (Å²) in [5.74, 6) is 1.58. The van der Waals surface area contributed by atoms with E-state index in [9.17, 15) is 8.42 Å². The van der Waals surface area contributed by atoms with Crippen LogP contribution in [0.25, 0.3) is 0 Å². The monoisotopic (exact) mass is 398 g/mol. The van der Waals surface area contributed by atoms with Crippen LogP contribution in [-0.2, 0) is 16.6 Å². The summed E-state index contributed by atoms with van der Waals surface area (Å²) in [4.78, 5) is 4.60. The first-order valence-electron chi connectivity index (χ1n) is 9.56. The molecule has 1 atom stereocenters. The maximum Gasteiger partial charge on any atom is 0.211 e. The number of hydrogen-bond donors (Lipinski definition) is 3. The second-order valence-electron chi connectivity index (χ2n) is 6.37. The van der Waals surface area contributed by atoms with Gasteiger partial charge in [-0.15, -0.1) is 0 Å². The molecule has 0 spiro atoms. The van der Waals surface area contributed by atoms with Crippen molar-refractivity contribution in [2.45, 2.75) is 53.7 Å². The second-order valence-corrected chi connectivity index (χ2v) is 8.46. The van der Waals surface area contributed by atoms with Gasteiger partial charge in [-0.05, 0) is 45.7 Å². The van der Waals surface area contributed by atoms with Gasteiger partial charge in [0.15, 0.2) is 5.96 Å². The van der Waals surface area contributed by atoms with Crippen LogP contribution in [0.1, 0.15) is 45.2 Å². The summed E-state index contributed by atoms with van der Waals surface area (Å²) in [6.45, 7) is 11.7. The van der Waals surface area contributed by atoms with Gasteiger partial charge < -0.3 is 15.4 Å². The molecule has 0 aliphatic rings. The van der Waals surface area contributed by atoms with Crippen molar-refractivity contribution in [2.75, 3.05) is 25.4 Å². The molecule has 7 nitrogen and oxygen atoms in total. The molecule has 8 heteroatoms. The van der Waals surface area contributed by atoms with E-state index in [1.165, 1.54) is 0 Å². The highest BCUT2D eigenvalue weighted by Gasteiger charge is 2.09. The van der Waals surface area contributed by atoms with Crippen LogP contribution in [0.3, 0.4) is 0 Å². The van der Waals surface area contributed by atoms with Crippen molar-refractivity contribution in [3.05, 3.63) is 29.3 Å². The topological polar surface area (TPSA) is 91.8 Å². The Bertz CT molecular complexity index is 705. The van der Waals surface area contributed by atoms with Crippen LogP contribution in [0.4, 0.5) is 0 Å². The number of nitrogens with one attached hydrogen (secondary N) is 3. The molecule has 0 fully saturated rings. The number of aliphatic imine (C=N–C) groups is 1. The lowest BCUT2D eigenvalue weighted by atomic mass is 10.1. The van der Waals surface area contributed by atoms with Gasteiger partial charge in [0.1, 0.15) is 5.75 Å². The highest BCUT2D eigenvalue weighted by Crippen LogP contribution is 2.23. The Balaban J connectivity index is 2.74. The first-order chi connectivity index (χ1) is 12.8. The maximum absolute atomic E-state index is 11.5. The standard InChI is InChI=1S/C19H34N4O3S/c1-6-16(5)26-18-13-15(4)9-10-17(18)14-22-19(20-7-2)21-11-12-23-27(24,25)8-3/h9-10,13,16,23H,6-8,11-12,14H2,1-5H3,(H2,20,21,22). The molecular formula is C19H34N4O3S. The quantitative estimate of drug-likeness (QED) is 0.302. The van der Waals surface area contributed by atoms with E-state index in [1.54, 1.807) is 6.92 Å². The van der Waals surface area contributed by atoms with Crippen LogP contribution in [0, 0.1) is 6.92 Å². The molecule has 27 heavy (non-hydrogen) atoms. The van der Waals surface area contributed by atoms with E-state index in [-0.39, 0.29) is 11.9 Å². The Morgan fingerprint density at radius 2 is 1.93 bits per heavy atom. The first-order valence-corrected chi connectivity index (χ1v) is 11.2. The number of nitrogens with zero attached hydrogens (tertiary/aromatic N) is 1. The minimum atomic E-state index is -3.18. The lowest BCUT2D eigenvalue weighted by Gasteiger charge is -2.17. The van der Waals surface area contributed by atoms with E-state index in [0.29, 0.717) is 25.6 Å². The summed E-state index contributed by atoms with van der Waals surface area (Å²) >= 11 is 0. The van der Waals surface area contributed by atoms with Gasteiger partial charge in [-0.1, -0.05) is 19.1 Å². The molecule has 0 heterocycles. The summed E-state index contributed by atoms with van der Waals surface area (Å²) in [7, 11) is -3.18. The van der Waals surface area contributed by atoms with Crippen LogP contribution in [0.5, 0.6) is 5.75 Å². The van der Waals surface area contributed by atoms with Crippen molar-refractivity contribution in [3.8, 4) is 5.75 Å². The number of guanidine groups is 1. The minimum absolute atomic E-state index is 0.0769. The average molecular weight is 399 g/mol. The number of hydrogen-bond acceptors (Lipinski definition) is 4. The molecule has 0 radical (unpaired) electrons. The molecule has 0 amide bonds. The zero-order valence-corrected chi connectivity index (χ0v) is 17.9. The summed E-state index contributed by atoms with van der Waals surface area (Å²) in [5.41, 5.74) is 2.17. The molecule has 3 N–H and O–H groups in total. The fraction of sp³-hybridized carbons (Fsp3) is 0.632. The summed E-state index contributed by atoms with van der Waals surface area (Å²) in [6, 6.07) is 6.13. The van der Waals surface area contributed by atoms with E-state index >= 15 is 0 Å². The van der Waals surface area contributed by atoms with Crippen LogP contribution >= 0.6 is 0 Å². The smallest absolute Gasteiger partial charge is 0.211 e. The SMILES string of the molecule is CCNC(=NCc1ccc(C)cc1OC(C)CC)NCCNS(=O)(=O)CC. The normalized spacial score (nSPS) is 13.3. The lowest BCUT2D eigenvalue weighted by molar-refractivity contribution is 0.215. The van der Waals surface area contributed by atoms with Crippen molar-refractivity contribution in [1.82, 2.24) is 15.4 Å². The molecule has 1 rings (SSSR count). The molecule has 0 saturated heterocycles. The number of benzene rings is 1. The van der Waals surface area contributed by atoms with Crippen LogP contribution in [0.2, 0.25) is 0 Å². The molecule has 0 saturated carbocycles. The van der Waals surface area contributed by atoms with Crippen molar-refractivity contribution in [1.29, 1.82) is 0 Å². The highest BCUT2D eigenvalue weighted by atomic mass is 32.2. The van der Waals surface area contributed by atoms with Crippen molar-refractivity contribution < 1.29 is 13.2 Å². The van der Waals surface area contributed by atoms with E-state index in [4.69, 9.17) is 4.74 Å². The minimum Gasteiger partial charge on any atom is -0.490 e. The van der Waals surface area contributed by atoms with Crippen molar-refractivity contribution in [2.24, 2.45) is 4.99 Å². The number of sulfonamides is 1. The predicted molar refractivity (Wildman–Crippen MR) is 112 cm³/mol. The molecule has 1 aromatic rings. The maximum atomic E-state index is 11.5. The molecule has 0 aromatic heterocycles. The van der Waals surface area contributed by atoms with Crippen LogP contribution < -0.4 is 20.1 Å². The van der Waals surface area contributed by atoms with Gasteiger partial charge in [0.05, 0.1) is 18.4 Å². The predicted octanol–water partition coefficient (Wildman–Crippen LogP) is 2.17. The first kappa shape index (κ1) is 23.2. The van der Waals surface area contributed by atoms with E-state index in [1.807, 2.05) is 32.0 Å². The molecule has 0 bridgehead atoms. The Kier molecular flexibility index (Phi) is 10.2. The zero-order chi connectivity index (χ0) is 20.3. The highest BCUT2D eigenvalue weighted by molar-refractivity contribution is 7.89. The van der Waals surface area contributed by atoms with Gasteiger partial charge in [-0.2, -0.15) is 0 Å². The Hall–Kier alpha value is -1.80. The van der Waals surface area contributed by atoms with Gasteiger partial charge in [-0.3, -0.25) is 0 Å². The molecule has 1 aromatic carbocycles. The summed E-state index contributed by atoms with van der Waals surface area (Å²) in [5, 5.41) is 6.31. The third kappa shape index (κ3) is 9.10. The van der Waals surface area contributed by atoms with Crippen LogP contribution in [-0.4, -0.2) is 45.9 Å². The van der Waals surface area contributed by atoms with E-state index in [0.717, 1.165) is 29.8 Å². The number of ether oxygens (including phenoxy) is 1. The van der Waals surface area contributed by atoms with Gasteiger partial charge in [0, 0.05) is 25.2 Å². The zero-order valence-electron chi connectivity index (χ0n) is 17.1. The largest absolute Gasteiger partial charge is 0.490 e. The van der Waals surface area contributed by atoms with Gasteiger partial charge in [0.2, 0.25) is 10.0 Å². The van der Waals surface area contributed by atoms with Gasteiger partial charge in [0.25, 0.3) is 0 Å². The molecule has 0 aliphatic heterocycles. The Labute approximate surface area is 164 Å².